The molecule has 1 amide bonds. The topological polar surface area (TPSA) is 121 Å². The Balaban J connectivity index is 2.83. The fourth-order valence-electron chi connectivity index (χ4n) is 1.10. The van der Waals surface area contributed by atoms with Gasteiger partial charge in [0.05, 0.1) is 6.20 Å². The molecule has 18 heavy (non-hydrogen) atoms. The minimum Gasteiger partial charge on any atom is -0.480 e. The molecule has 0 aliphatic carbocycles. The average Bonchev–Trinajstić information content (AvgIpc) is 2.25. The molecular formula is C9H10FN3O5. The van der Waals surface area contributed by atoms with Crippen molar-refractivity contribution in [2.75, 3.05) is 0 Å². The zero-order chi connectivity index (χ0) is 13.9. The quantitative estimate of drug-likeness (QED) is 0.593. The summed E-state index contributed by atoms with van der Waals surface area (Å²) in [5, 5.41) is 10.6. The number of carbonyl (C=O) groups excluding carboxylic acids is 1. The molecule has 1 atom stereocenters. The highest BCUT2D eigenvalue weighted by molar-refractivity contribution is 5.83. The summed E-state index contributed by atoms with van der Waals surface area (Å²) in [7, 11) is 0. The normalized spacial score (nSPS) is 11.9. The Hall–Kier alpha value is -2.45. The zero-order valence-electron chi connectivity index (χ0n) is 9.27. The second-order valence-electron chi connectivity index (χ2n) is 3.49. The predicted molar refractivity (Wildman–Crippen MR) is 56.5 cm³/mol. The smallest absolute Gasteiger partial charge is 0.328 e. The number of nitrogens with one attached hydrogen (secondary N) is 2. The van der Waals surface area contributed by atoms with Crippen LogP contribution in [0.15, 0.2) is 15.8 Å². The van der Waals surface area contributed by atoms with Crippen molar-refractivity contribution in [3.8, 4) is 0 Å². The number of carboxylic acid groups (broad SMARTS) is 1. The molecule has 9 heteroatoms. The number of carboxylic acids is 1. The highest BCUT2D eigenvalue weighted by atomic mass is 19.1. The van der Waals surface area contributed by atoms with Crippen molar-refractivity contribution in [3.05, 3.63) is 32.9 Å². The van der Waals surface area contributed by atoms with Crippen molar-refractivity contribution in [1.29, 1.82) is 0 Å². The summed E-state index contributed by atoms with van der Waals surface area (Å²) in [5.74, 6) is -3.25. The van der Waals surface area contributed by atoms with Crippen molar-refractivity contribution in [2.24, 2.45) is 0 Å². The van der Waals surface area contributed by atoms with Gasteiger partial charge < -0.3 is 10.4 Å². The Morgan fingerprint density at radius 2 is 2.17 bits per heavy atom. The van der Waals surface area contributed by atoms with Crippen molar-refractivity contribution in [2.45, 2.75) is 19.5 Å². The monoisotopic (exact) mass is 259 g/mol. The van der Waals surface area contributed by atoms with Crippen LogP contribution in [0.25, 0.3) is 0 Å². The molecule has 0 unspecified atom stereocenters. The maximum atomic E-state index is 12.9. The minimum atomic E-state index is -1.25. The van der Waals surface area contributed by atoms with Gasteiger partial charge in [-0.15, -0.1) is 0 Å². The van der Waals surface area contributed by atoms with Gasteiger partial charge in [0.1, 0.15) is 12.6 Å². The number of nitrogens with zero attached hydrogens (tertiary/aromatic N) is 1. The van der Waals surface area contributed by atoms with Crippen LogP contribution in [0.5, 0.6) is 0 Å². The molecule has 98 valence electrons. The van der Waals surface area contributed by atoms with Crippen LogP contribution in [0.3, 0.4) is 0 Å². The van der Waals surface area contributed by atoms with E-state index in [1.807, 2.05) is 0 Å². The van der Waals surface area contributed by atoms with Gasteiger partial charge in [-0.1, -0.05) is 0 Å². The Bertz CT molecular complexity index is 591. The van der Waals surface area contributed by atoms with Gasteiger partial charge in [0.25, 0.3) is 5.56 Å². The van der Waals surface area contributed by atoms with Crippen LogP contribution in [0.4, 0.5) is 4.39 Å². The Labute approximate surface area is 99.1 Å². The molecule has 0 radical (unpaired) electrons. The van der Waals surface area contributed by atoms with Gasteiger partial charge in [-0.2, -0.15) is 4.39 Å². The molecule has 1 aromatic rings. The number of H-pyrrole nitrogens is 1. The Kier molecular flexibility index (Phi) is 3.97. The molecule has 0 saturated carbocycles. The molecule has 0 aliphatic heterocycles. The van der Waals surface area contributed by atoms with Crippen LogP contribution in [0.2, 0.25) is 0 Å². The number of carbonyl (C=O) groups is 2. The molecule has 1 rings (SSSR count). The average molecular weight is 259 g/mol. The number of hydrogen-bond acceptors (Lipinski definition) is 4. The summed E-state index contributed by atoms with van der Waals surface area (Å²) in [4.78, 5) is 45.4. The molecule has 0 aromatic carbocycles. The van der Waals surface area contributed by atoms with Crippen LogP contribution in [0, 0.1) is 5.82 Å². The fraction of sp³-hybridized carbons (Fsp3) is 0.333. The summed E-state index contributed by atoms with van der Waals surface area (Å²) in [5.41, 5.74) is -2.14. The number of aromatic amines is 1. The SMILES string of the molecule is C[C@H](NC(=O)Cn1cc(F)c(=O)[nH]c1=O)C(=O)O. The fourth-order valence-corrected chi connectivity index (χ4v) is 1.10. The number of rotatable bonds is 4. The van der Waals surface area contributed by atoms with Crippen molar-refractivity contribution < 1.29 is 19.1 Å². The molecule has 0 fully saturated rings. The molecule has 0 aliphatic rings. The van der Waals surface area contributed by atoms with Crippen LogP contribution < -0.4 is 16.6 Å². The third-order valence-electron chi connectivity index (χ3n) is 2.03. The first kappa shape index (κ1) is 13.6. The van der Waals surface area contributed by atoms with E-state index in [0.717, 1.165) is 0 Å². The summed E-state index contributed by atoms with van der Waals surface area (Å²) in [6, 6.07) is -1.14. The lowest BCUT2D eigenvalue weighted by atomic mass is 10.3. The first-order valence-electron chi connectivity index (χ1n) is 4.82. The lowest BCUT2D eigenvalue weighted by Crippen LogP contribution is -2.42. The predicted octanol–water partition coefficient (Wildman–Crippen LogP) is -1.73. The standard InChI is InChI=1S/C9H10FN3O5/c1-4(8(16)17)11-6(14)3-13-2-5(10)7(15)12-9(13)18/h2,4H,3H2,1H3,(H,11,14)(H,16,17)(H,12,15,18)/t4-/m0/s1. The molecule has 8 nitrogen and oxygen atoms in total. The van der Waals surface area contributed by atoms with Gasteiger partial charge in [0.2, 0.25) is 11.7 Å². The third-order valence-corrected chi connectivity index (χ3v) is 2.03. The van der Waals surface area contributed by atoms with E-state index in [4.69, 9.17) is 5.11 Å². The van der Waals surface area contributed by atoms with E-state index in [-0.39, 0.29) is 0 Å². The van der Waals surface area contributed by atoms with Gasteiger partial charge >= 0.3 is 11.7 Å². The van der Waals surface area contributed by atoms with E-state index in [1.54, 1.807) is 4.98 Å². The third kappa shape index (κ3) is 3.27. The Morgan fingerprint density at radius 3 is 2.72 bits per heavy atom. The summed E-state index contributed by atoms with van der Waals surface area (Å²) in [6.07, 6.45) is 0.576. The van der Waals surface area contributed by atoms with Crippen molar-refractivity contribution in [3.63, 3.8) is 0 Å². The van der Waals surface area contributed by atoms with Crippen molar-refractivity contribution >= 4 is 11.9 Å². The van der Waals surface area contributed by atoms with Crippen molar-refractivity contribution in [1.82, 2.24) is 14.9 Å². The van der Waals surface area contributed by atoms with Crippen LogP contribution in [-0.4, -0.2) is 32.6 Å². The summed E-state index contributed by atoms with van der Waals surface area (Å²) in [6.45, 7) is 0.639. The van der Waals surface area contributed by atoms with E-state index in [9.17, 15) is 23.6 Å². The number of aliphatic carboxylic acids is 1. The van der Waals surface area contributed by atoms with Crippen LogP contribution in [-0.2, 0) is 16.1 Å². The van der Waals surface area contributed by atoms with Gasteiger partial charge in [-0.25, -0.2) is 4.79 Å². The summed E-state index contributed by atoms with van der Waals surface area (Å²) >= 11 is 0. The Morgan fingerprint density at radius 1 is 1.56 bits per heavy atom. The lowest BCUT2D eigenvalue weighted by Gasteiger charge is -2.09. The zero-order valence-corrected chi connectivity index (χ0v) is 9.27. The molecular weight excluding hydrogens is 249 g/mol. The second-order valence-corrected chi connectivity index (χ2v) is 3.49. The van der Waals surface area contributed by atoms with E-state index in [1.165, 1.54) is 6.92 Å². The largest absolute Gasteiger partial charge is 0.480 e. The molecule has 3 N–H and O–H groups in total. The van der Waals surface area contributed by atoms with Crippen LogP contribution >= 0.6 is 0 Å². The van der Waals surface area contributed by atoms with E-state index < -0.39 is 41.5 Å². The lowest BCUT2D eigenvalue weighted by molar-refractivity contribution is -0.141. The van der Waals surface area contributed by atoms with Gasteiger partial charge in [0, 0.05) is 0 Å². The number of halogens is 1. The molecule has 0 spiro atoms. The second kappa shape index (κ2) is 5.25. The van der Waals surface area contributed by atoms with Crippen LogP contribution in [0.1, 0.15) is 6.92 Å². The molecule has 1 heterocycles. The highest BCUT2D eigenvalue weighted by Crippen LogP contribution is 1.87. The van der Waals surface area contributed by atoms with Gasteiger partial charge in [-0.3, -0.25) is 23.9 Å². The van der Waals surface area contributed by atoms with E-state index >= 15 is 0 Å². The number of hydrogen-bond donors (Lipinski definition) is 3. The van der Waals surface area contributed by atoms with E-state index in [0.29, 0.717) is 10.8 Å². The minimum absolute atomic E-state index is 0.576. The van der Waals surface area contributed by atoms with Gasteiger partial charge in [-0.05, 0) is 6.92 Å². The maximum Gasteiger partial charge on any atom is 0.328 e. The molecule has 1 aromatic heterocycles. The number of amides is 1. The first-order valence-corrected chi connectivity index (χ1v) is 4.82. The van der Waals surface area contributed by atoms with Gasteiger partial charge in [0.15, 0.2) is 0 Å². The first-order chi connectivity index (χ1) is 8.31. The summed E-state index contributed by atoms with van der Waals surface area (Å²) < 4.78 is 13.5. The number of aromatic nitrogens is 2. The maximum absolute atomic E-state index is 12.9. The van der Waals surface area contributed by atoms with E-state index in [2.05, 4.69) is 5.32 Å². The molecule has 0 bridgehead atoms. The highest BCUT2D eigenvalue weighted by Gasteiger charge is 2.15. The molecule has 0 saturated heterocycles.